The number of halogens is 4. The highest BCUT2D eigenvalue weighted by Gasteiger charge is 2.31. The molecule has 1 amide bonds. The van der Waals surface area contributed by atoms with Crippen LogP contribution in [0.15, 0.2) is 42.5 Å². The molecule has 1 N–H and O–H groups in total. The van der Waals surface area contributed by atoms with Gasteiger partial charge in [0.15, 0.2) is 0 Å². The normalized spacial score (nSPS) is 11.9. The Kier molecular flexibility index (Phi) is 7.18. The molecule has 0 atom stereocenters. The molecule has 2 aromatic carbocycles. The minimum absolute atomic E-state index is 0.0174. The summed E-state index contributed by atoms with van der Waals surface area (Å²) in [5.74, 6) is -0.359. The Morgan fingerprint density at radius 1 is 1.17 bits per heavy atom. The maximum atomic E-state index is 12.9. The van der Waals surface area contributed by atoms with Crippen molar-refractivity contribution >= 4 is 38.9 Å². The van der Waals surface area contributed by atoms with E-state index in [2.05, 4.69) is 5.32 Å². The lowest BCUT2D eigenvalue weighted by Crippen LogP contribution is -2.31. The Morgan fingerprint density at radius 3 is 2.45 bits per heavy atom. The molecule has 10 heteroatoms. The monoisotopic (exact) mass is 448 g/mol. The van der Waals surface area contributed by atoms with Crippen molar-refractivity contribution in [3.63, 3.8) is 0 Å². The molecule has 0 unspecified atom stereocenters. The molecular weight excluding hydrogens is 429 g/mol. The molecule has 0 radical (unpaired) electrons. The summed E-state index contributed by atoms with van der Waals surface area (Å²) in [6, 6.07) is 9.09. The van der Waals surface area contributed by atoms with E-state index in [1.54, 1.807) is 18.2 Å². The van der Waals surface area contributed by atoms with Gasteiger partial charge in [-0.1, -0.05) is 23.7 Å². The molecule has 0 aliphatic heterocycles. The molecule has 0 saturated heterocycles. The molecule has 158 valence electrons. The fraction of sp³-hybridized carbons (Fsp3) is 0.316. The van der Waals surface area contributed by atoms with E-state index in [1.807, 2.05) is 6.92 Å². The van der Waals surface area contributed by atoms with E-state index >= 15 is 0 Å². The van der Waals surface area contributed by atoms with Gasteiger partial charge in [-0.15, -0.1) is 0 Å². The van der Waals surface area contributed by atoms with E-state index in [0.29, 0.717) is 10.7 Å². The Morgan fingerprint density at radius 2 is 1.86 bits per heavy atom. The second kappa shape index (κ2) is 9.04. The van der Waals surface area contributed by atoms with Crippen molar-refractivity contribution in [1.29, 1.82) is 0 Å². The number of carbonyl (C=O) groups excluding carboxylic acids is 1. The highest BCUT2D eigenvalue weighted by molar-refractivity contribution is 7.92. The predicted octanol–water partition coefficient (Wildman–Crippen LogP) is 4.85. The number of nitrogens with one attached hydrogen (secondary N) is 1. The van der Waals surface area contributed by atoms with Gasteiger partial charge in [-0.2, -0.15) is 13.2 Å². The summed E-state index contributed by atoms with van der Waals surface area (Å²) in [5.41, 5.74) is 0.309. The molecule has 0 spiro atoms. The van der Waals surface area contributed by atoms with Crippen molar-refractivity contribution in [3.05, 3.63) is 58.6 Å². The lowest BCUT2D eigenvalue weighted by atomic mass is 10.2. The second-order valence-corrected chi connectivity index (χ2v) is 8.81. The number of aryl methyl sites for hydroxylation is 1. The average Bonchev–Trinajstić information content (AvgIpc) is 2.60. The first-order valence-corrected chi connectivity index (χ1v) is 10.8. The number of hydrogen-bond acceptors (Lipinski definition) is 3. The molecule has 2 aromatic rings. The third-order valence-electron chi connectivity index (χ3n) is 4.08. The Bertz CT molecular complexity index is 994. The van der Waals surface area contributed by atoms with Crippen LogP contribution in [0.25, 0.3) is 0 Å². The Labute approximate surface area is 172 Å². The molecule has 0 heterocycles. The van der Waals surface area contributed by atoms with Gasteiger partial charge in [0.25, 0.3) is 0 Å². The van der Waals surface area contributed by atoms with E-state index < -0.39 is 21.8 Å². The van der Waals surface area contributed by atoms with Crippen LogP contribution in [-0.2, 0) is 21.0 Å². The van der Waals surface area contributed by atoms with Crippen LogP contribution in [0, 0.1) is 6.92 Å². The van der Waals surface area contributed by atoms with Crippen LogP contribution in [0.3, 0.4) is 0 Å². The van der Waals surface area contributed by atoms with E-state index in [0.717, 1.165) is 34.3 Å². The Balaban J connectivity index is 2.05. The van der Waals surface area contributed by atoms with Crippen LogP contribution in [0.5, 0.6) is 0 Å². The van der Waals surface area contributed by atoms with Crippen molar-refractivity contribution in [2.75, 3.05) is 22.4 Å². The van der Waals surface area contributed by atoms with Crippen molar-refractivity contribution in [3.8, 4) is 0 Å². The first-order chi connectivity index (χ1) is 13.4. The summed E-state index contributed by atoms with van der Waals surface area (Å²) in [6.45, 7) is 1.68. The molecule has 2 rings (SSSR count). The van der Waals surface area contributed by atoms with Gasteiger partial charge >= 0.3 is 6.18 Å². The Hall–Kier alpha value is -2.26. The predicted molar refractivity (Wildman–Crippen MR) is 108 cm³/mol. The quantitative estimate of drug-likeness (QED) is 0.658. The lowest BCUT2D eigenvalue weighted by molar-refractivity contribution is -0.137. The van der Waals surface area contributed by atoms with Crippen LogP contribution < -0.4 is 9.62 Å². The lowest BCUT2D eigenvalue weighted by Gasteiger charge is -2.23. The number of carbonyl (C=O) groups is 1. The van der Waals surface area contributed by atoms with Gasteiger partial charge in [0.05, 0.1) is 17.5 Å². The molecule has 0 aromatic heterocycles. The van der Waals surface area contributed by atoms with Crippen molar-refractivity contribution < 1.29 is 26.4 Å². The zero-order valence-electron chi connectivity index (χ0n) is 15.8. The molecule has 0 bridgehead atoms. The maximum absolute atomic E-state index is 12.9. The second-order valence-electron chi connectivity index (χ2n) is 6.50. The van der Waals surface area contributed by atoms with E-state index in [4.69, 9.17) is 11.6 Å². The summed E-state index contributed by atoms with van der Waals surface area (Å²) >= 11 is 6.00. The summed E-state index contributed by atoms with van der Waals surface area (Å²) in [7, 11) is -3.83. The summed E-state index contributed by atoms with van der Waals surface area (Å²) in [6.07, 6.45) is -3.58. The van der Waals surface area contributed by atoms with Gasteiger partial charge in [0.1, 0.15) is 0 Å². The zero-order chi connectivity index (χ0) is 21.8. The maximum Gasteiger partial charge on any atom is 0.416 e. The van der Waals surface area contributed by atoms with Gasteiger partial charge in [-0.05, 0) is 49.2 Å². The van der Waals surface area contributed by atoms with E-state index in [-0.39, 0.29) is 31.0 Å². The van der Waals surface area contributed by atoms with Crippen LogP contribution in [0.2, 0.25) is 5.02 Å². The fourth-order valence-electron chi connectivity index (χ4n) is 2.60. The molecule has 0 fully saturated rings. The topological polar surface area (TPSA) is 66.5 Å². The SMILES string of the molecule is Cc1ccc(NC(=O)CCCN(c2cccc(C(F)(F)F)c2)S(C)(=O)=O)cc1Cl. The highest BCUT2D eigenvalue weighted by atomic mass is 35.5. The first-order valence-electron chi connectivity index (χ1n) is 8.59. The smallest absolute Gasteiger partial charge is 0.326 e. The number of anilines is 2. The van der Waals surface area contributed by atoms with Crippen molar-refractivity contribution in [2.24, 2.45) is 0 Å². The number of nitrogens with zero attached hydrogens (tertiary/aromatic N) is 1. The fourth-order valence-corrected chi connectivity index (χ4v) is 3.74. The number of amides is 1. The summed E-state index contributed by atoms with van der Waals surface area (Å²) < 4.78 is 63.7. The number of alkyl halides is 3. The zero-order valence-corrected chi connectivity index (χ0v) is 17.3. The standard InChI is InChI=1S/C19H20ClF3N2O3S/c1-13-8-9-15(12-17(13)20)24-18(26)7-4-10-25(29(2,27)28)16-6-3-5-14(11-16)19(21,22)23/h3,5-6,8-9,11-12H,4,7,10H2,1-2H3,(H,24,26). The molecule has 5 nitrogen and oxygen atoms in total. The molecule has 0 saturated carbocycles. The first kappa shape index (κ1) is 23.0. The molecular formula is C19H20ClF3N2O3S. The van der Waals surface area contributed by atoms with Gasteiger partial charge < -0.3 is 5.32 Å². The van der Waals surface area contributed by atoms with Gasteiger partial charge in [-0.3, -0.25) is 9.10 Å². The largest absolute Gasteiger partial charge is 0.416 e. The minimum Gasteiger partial charge on any atom is -0.326 e. The van der Waals surface area contributed by atoms with Gasteiger partial charge in [-0.25, -0.2) is 8.42 Å². The highest BCUT2D eigenvalue weighted by Crippen LogP contribution is 2.32. The van der Waals surface area contributed by atoms with Crippen molar-refractivity contribution in [2.45, 2.75) is 25.9 Å². The molecule has 0 aliphatic rings. The van der Waals surface area contributed by atoms with E-state index in [1.165, 1.54) is 6.07 Å². The third kappa shape index (κ3) is 6.64. The third-order valence-corrected chi connectivity index (χ3v) is 5.68. The van der Waals surface area contributed by atoms with Crippen LogP contribution >= 0.6 is 11.6 Å². The number of benzene rings is 2. The number of rotatable bonds is 7. The van der Waals surface area contributed by atoms with Gasteiger partial charge in [0.2, 0.25) is 15.9 Å². The van der Waals surface area contributed by atoms with Crippen LogP contribution in [0.1, 0.15) is 24.0 Å². The minimum atomic E-state index is -4.59. The summed E-state index contributed by atoms with van der Waals surface area (Å²) in [4.78, 5) is 12.1. The number of sulfonamides is 1. The average molecular weight is 449 g/mol. The van der Waals surface area contributed by atoms with E-state index in [9.17, 15) is 26.4 Å². The summed E-state index contributed by atoms with van der Waals surface area (Å²) in [5, 5.41) is 3.15. The van der Waals surface area contributed by atoms with Gasteiger partial charge in [0, 0.05) is 23.7 Å². The number of hydrogen-bond donors (Lipinski definition) is 1. The molecule has 0 aliphatic carbocycles. The molecule has 29 heavy (non-hydrogen) atoms. The van der Waals surface area contributed by atoms with Crippen molar-refractivity contribution in [1.82, 2.24) is 0 Å². The van der Waals surface area contributed by atoms with Crippen LogP contribution in [0.4, 0.5) is 24.5 Å². The van der Waals surface area contributed by atoms with Crippen LogP contribution in [-0.4, -0.2) is 27.1 Å².